The van der Waals surface area contributed by atoms with Gasteiger partial charge in [0.1, 0.15) is 0 Å². The first-order chi connectivity index (χ1) is 10.6. The van der Waals surface area contributed by atoms with Crippen molar-refractivity contribution in [3.63, 3.8) is 0 Å². The van der Waals surface area contributed by atoms with E-state index in [1.54, 1.807) is 4.52 Å². The van der Waals surface area contributed by atoms with E-state index in [4.69, 9.17) is 0 Å². The molecule has 4 rings (SSSR count). The van der Waals surface area contributed by atoms with Gasteiger partial charge in [0.2, 0.25) is 9.97 Å². The summed E-state index contributed by atoms with van der Waals surface area (Å²) in [5.74, 6) is 1.12. The molecular formula is C15H15N5OS. The van der Waals surface area contributed by atoms with Crippen LogP contribution >= 0.6 is 11.3 Å². The summed E-state index contributed by atoms with van der Waals surface area (Å²) in [5, 5.41) is 16.0. The fraction of sp³-hybridized carbons (Fsp3) is 0.333. The standard InChI is InChI=1S/C15H15N5OS/c1-8-3-6-11(9(2)7-8)16-13(21)14-19-20-12(10-4-5-10)17-18-15(20)22-14/h3,6-7,10H,4-5H2,1-2H3,(H,16,21). The van der Waals surface area contributed by atoms with E-state index in [2.05, 4.69) is 20.6 Å². The maximum absolute atomic E-state index is 12.4. The summed E-state index contributed by atoms with van der Waals surface area (Å²) < 4.78 is 1.71. The zero-order valence-electron chi connectivity index (χ0n) is 12.3. The van der Waals surface area contributed by atoms with E-state index in [9.17, 15) is 4.79 Å². The quantitative estimate of drug-likeness (QED) is 0.807. The van der Waals surface area contributed by atoms with E-state index >= 15 is 0 Å². The van der Waals surface area contributed by atoms with Crippen molar-refractivity contribution in [3.8, 4) is 0 Å². The first-order valence-corrected chi connectivity index (χ1v) is 8.04. The van der Waals surface area contributed by atoms with Gasteiger partial charge in [0, 0.05) is 11.6 Å². The molecule has 1 N–H and O–H groups in total. The lowest BCUT2D eigenvalue weighted by atomic mass is 10.1. The minimum absolute atomic E-state index is 0.204. The van der Waals surface area contributed by atoms with Crippen molar-refractivity contribution in [2.24, 2.45) is 0 Å². The molecule has 1 amide bonds. The van der Waals surface area contributed by atoms with Crippen molar-refractivity contribution in [3.05, 3.63) is 40.2 Å². The molecule has 1 saturated carbocycles. The number of nitrogens with one attached hydrogen (secondary N) is 1. The van der Waals surface area contributed by atoms with Crippen LogP contribution in [0.25, 0.3) is 4.96 Å². The Morgan fingerprint density at radius 1 is 1.32 bits per heavy atom. The molecule has 3 aromatic rings. The summed E-state index contributed by atoms with van der Waals surface area (Å²) in [6.07, 6.45) is 2.25. The number of hydrogen-bond acceptors (Lipinski definition) is 5. The van der Waals surface area contributed by atoms with Gasteiger partial charge in [-0.15, -0.1) is 15.3 Å². The molecule has 1 aromatic carbocycles. The molecule has 0 atom stereocenters. The molecule has 0 unspecified atom stereocenters. The van der Waals surface area contributed by atoms with Crippen LogP contribution in [0, 0.1) is 13.8 Å². The number of aryl methyl sites for hydroxylation is 2. The lowest BCUT2D eigenvalue weighted by Crippen LogP contribution is -2.13. The number of carbonyl (C=O) groups excluding carboxylic acids is 1. The van der Waals surface area contributed by atoms with E-state index < -0.39 is 0 Å². The third-order valence-electron chi connectivity index (χ3n) is 3.78. The van der Waals surface area contributed by atoms with Crippen LogP contribution in [0.1, 0.15) is 45.5 Å². The minimum Gasteiger partial charge on any atom is -0.320 e. The average molecular weight is 313 g/mol. The molecule has 0 radical (unpaired) electrons. The molecule has 0 bridgehead atoms. The van der Waals surface area contributed by atoms with Gasteiger partial charge in [-0.05, 0) is 38.3 Å². The average Bonchev–Trinajstić information content (AvgIpc) is 3.10. The van der Waals surface area contributed by atoms with Gasteiger partial charge in [0.15, 0.2) is 5.82 Å². The molecule has 1 aliphatic rings. The fourth-order valence-corrected chi connectivity index (χ4v) is 3.19. The van der Waals surface area contributed by atoms with Gasteiger partial charge in [-0.3, -0.25) is 4.79 Å². The number of aromatic nitrogens is 4. The Labute approximate surface area is 131 Å². The SMILES string of the molecule is Cc1ccc(NC(=O)c2nn3c(C4CC4)nnc3s2)c(C)c1. The van der Waals surface area contributed by atoms with Gasteiger partial charge < -0.3 is 5.32 Å². The molecule has 22 heavy (non-hydrogen) atoms. The zero-order chi connectivity index (χ0) is 15.3. The van der Waals surface area contributed by atoms with Crippen LogP contribution in [-0.4, -0.2) is 25.7 Å². The summed E-state index contributed by atoms with van der Waals surface area (Å²) in [5.41, 5.74) is 3.02. The highest BCUT2D eigenvalue weighted by molar-refractivity contribution is 7.18. The Morgan fingerprint density at radius 2 is 2.14 bits per heavy atom. The van der Waals surface area contributed by atoms with Gasteiger partial charge >= 0.3 is 0 Å². The van der Waals surface area contributed by atoms with Gasteiger partial charge in [-0.25, -0.2) is 0 Å². The number of rotatable bonds is 3. The molecule has 2 aromatic heterocycles. The van der Waals surface area contributed by atoms with Crippen LogP contribution in [0.3, 0.4) is 0 Å². The highest BCUT2D eigenvalue weighted by atomic mass is 32.1. The smallest absolute Gasteiger partial charge is 0.286 e. The van der Waals surface area contributed by atoms with Crippen LogP contribution in [0.4, 0.5) is 5.69 Å². The second kappa shape index (κ2) is 4.88. The van der Waals surface area contributed by atoms with Crippen molar-refractivity contribution in [1.82, 2.24) is 19.8 Å². The van der Waals surface area contributed by atoms with Crippen molar-refractivity contribution < 1.29 is 4.79 Å². The highest BCUT2D eigenvalue weighted by Gasteiger charge is 2.30. The predicted molar refractivity (Wildman–Crippen MR) is 84.5 cm³/mol. The first-order valence-electron chi connectivity index (χ1n) is 7.22. The maximum atomic E-state index is 12.4. The van der Waals surface area contributed by atoms with Crippen molar-refractivity contribution in [1.29, 1.82) is 0 Å². The monoisotopic (exact) mass is 313 g/mol. The molecule has 1 aliphatic carbocycles. The summed E-state index contributed by atoms with van der Waals surface area (Å²) in [6, 6.07) is 5.93. The van der Waals surface area contributed by atoms with Crippen molar-refractivity contribution in [2.45, 2.75) is 32.6 Å². The van der Waals surface area contributed by atoms with E-state index in [1.165, 1.54) is 16.9 Å². The predicted octanol–water partition coefficient (Wildman–Crippen LogP) is 2.93. The molecule has 112 valence electrons. The summed E-state index contributed by atoms with van der Waals surface area (Å²) in [7, 11) is 0. The Balaban J connectivity index is 1.62. The maximum Gasteiger partial charge on any atom is 0.286 e. The van der Waals surface area contributed by atoms with E-state index in [1.807, 2.05) is 32.0 Å². The molecule has 7 heteroatoms. The molecular weight excluding hydrogens is 298 g/mol. The normalized spacial score (nSPS) is 14.5. The van der Waals surface area contributed by atoms with E-state index in [-0.39, 0.29) is 5.91 Å². The van der Waals surface area contributed by atoms with Crippen molar-refractivity contribution in [2.75, 3.05) is 5.32 Å². The van der Waals surface area contributed by atoms with Crippen LogP contribution in [0.2, 0.25) is 0 Å². The first kappa shape index (κ1) is 13.4. The Hall–Kier alpha value is -2.28. The van der Waals surface area contributed by atoms with Gasteiger partial charge in [0.05, 0.1) is 0 Å². The second-order valence-corrected chi connectivity index (χ2v) is 6.66. The second-order valence-electron chi connectivity index (χ2n) is 5.71. The zero-order valence-corrected chi connectivity index (χ0v) is 13.1. The van der Waals surface area contributed by atoms with E-state index in [0.717, 1.165) is 29.9 Å². The molecule has 6 nitrogen and oxygen atoms in total. The van der Waals surface area contributed by atoms with Crippen LogP contribution in [0.15, 0.2) is 18.2 Å². The topological polar surface area (TPSA) is 72.2 Å². The van der Waals surface area contributed by atoms with Gasteiger partial charge in [-0.1, -0.05) is 29.0 Å². The Kier molecular flexibility index (Phi) is 2.97. The fourth-order valence-electron chi connectivity index (χ4n) is 2.45. The molecule has 0 saturated heterocycles. The van der Waals surface area contributed by atoms with Gasteiger partial charge in [0.25, 0.3) is 5.91 Å². The number of fused-ring (bicyclic) bond motifs is 1. The molecule has 2 heterocycles. The van der Waals surface area contributed by atoms with Crippen LogP contribution < -0.4 is 5.32 Å². The minimum atomic E-state index is -0.204. The van der Waals surface area contributed by atoms with Crippen molar-refractivity contribution >= 4 is 27.9 Å². The number of anilines is 1. The summed E-state index contributed by atoms with van der Waals surface area (Å²) in [6.45, 7) is 4.01. The number of hydrogen-bond donors (Lipinski definition) is 1. The Morgan fingerprint density at radius 3 is 2.86 bits per heavy atom. The van der Waals surface area contributed by atoms with E-state index in [0.29, 0.717) is 15.9 Å². The molecule has 1 fully saturated rings. The number of amides is 1. The summed E-state index contributed by atoms with van der Waals surface area (Å²) >= 11 is 1.27. The number of benzene rings is 1. The molecule has 0 aliphatic heterocycles. The number of nitrogens with zero attached hydrogens (tertiary/aromatic N) is 4. The lowest BCUT2D eigenvalue weighted by Gasteiger charge is -2.07. The summed E-state index contributed by atoms with van der Waals surface area (Å²) in [4.78, 5) is 13.1. The third kappa shape index (κ3) is 2.27. The highest BCUT2D eigenvalue weighted by Crippen LogP contribution is 2.39. The van der Waals surface area contributed by atoms with Crippen LogP contribution in [-0.2, 0) is 0 Å². The van der Waals surface area contributed by atoms with Crippen LogP contribution in [0.5, 0.6) is 0 Å². The van der Waals surface area contributed by atoms with Gasteiger partial charge in [-0.2, -0.15) is 4.52 Å². The Bertz CT molecular complexity index is 877. The third-order valence-corrected chi connectivity index (χ3v) is 4.68. The largest absolute Gasteiger partial charge is 0.320 e. The number of carbonyl (C=O) groups is 1. The molecule has 0 spiro atoms. The lowest BCUT2D eigenvalue weighted by molar-refractivity contribution is 0.102.